The standard InChI is InChI=1S/C20H29N3/c1-14(2)16-8-10-18(11-9-16)23(20(5,6)7)19-21-12-17(13-22-19)15(3)4/h8-15H,1-7H3. The van der Waals surface area contributed by atoms with Crippen molar-refractivity contribution in [3.05, 3.63) is 47.8 Å². The summed E-state index contributed by atoms with van der Waals surface area (Å²) in [4.78, 5) is 11.4. The van der Waals surface area contributed by atoms with Crippen molar-refractivity contribution in [3.63, 3.8) is 0 Å². The van der Waals surface area contributed by atoms with Gasteiger partial charge in [-0.2, -0.15) is 0 Å². The molecule has 1 aromatic carbocycles. The summed E-state index contributed by atoms with van der Waals surface area (Å²) in [7, 11) is 0. The van der Waals surface area contributed by atoms with Gasteiger partial charge in [-0.25, -0.2) is 9.97 Å². The molecule has 0 amide bonds. The summed E-state index contributed by atoms with van der Waals surface area (Å²) in [6.45, 7) is 15.3. The van der Waals surface area contributed by atoms with Crippen LogP contribution in [-0.2, 0) is 0 Å². The second-order valence-electron chi connectivity index (χ2n) is 7.72. The van der Waals surface area contributed by atoms with Crippen LogP contribution >= 0.6 is 0 Å². The lowest BCUT2D eigenvalue weighted by Gasteiger charge is -2.36. The zero-order chi connectivity index (χ0) is 17.2. The quantitative estimate of drug-likeness (QED) is 0.729. The minimum atomic E-state index is -0.0985. The minimum absolute atomic E-state index is 0.0985. The first-order valence-electron chi connectivity index (χ1n) is 8.42. The van der Waals surface area contributed by atoms with Gasteiger partial charge in [-0.3, -0.25) is 0 Å². The third-order valence-corrected chi connectivity index (χ3v) is 4.01. The van der Waals surface area contributed by atoms with E-state index in [-0.39, 0.29) is 5.54 Å². The van der Waals surface area contributed by atoms with E-state index in [0.29, 0.717) is 11.8 Å². The smallest absolute Gasteiger partial charge is 0.230 e. The highest BCUT2D eigenvalue weighted by molar-refractivity contribution is 5.60. The number of rotatable bonds is 4. The monoisotopic (exact) mass is 311 g/mol. The first-order chi connectivity index (χ1) is 10.7. The van der Waals surface area contributed by atoms with Crippen LogP contribution in [0.15, 0.2) is 36.7 Å². The molecule has 3 nitrogen and oxygen atoms in total. The Labute approximate surface area is 140 Å². The zero-order valence-electron chi connectivity index (χ0n) is 15.5. The molecule has 3 heteroatoms. The molecule has 2 aromatic rings. The number of aromatic nitrogens is 2. The fraction of sp³-hybridized carbons (Fsp3) is 0.500. The fourth-order valence-electron chi connectivity index (χ4n) is 2.56. The Morgan fingerprint density at radius 2 is 1.26 bits per heavy atom. The second kappa shape index (κ2) is 6.69. The maximum atomic E-state index is 4.62. The van der Waals surface area contributed by atoms with Crippen LogP contribution in [0.25, 0.3) is 0 Å². The molecule has 124 valence electrons. The van der Waals surface area contributed by atoms with Gasteiger partial charge in [0.05, 0.1) is 0 Å². The van der Waals surface area contributed by atoms with Gasteiger partial charge in [0.25, 0.3) is 0 Å². The normalized spacial score (nSPS) is 12.0. The van der Waals surface area contributed by atoms with E-state index in [1.807, 2.05) is 12.4 Å². The van der Waals surface area contributed by atoms with E-state index in [1.165, 1.54) is 5.56 Å². The Kier molecular flexibility index (Phi) is 5.08. The summed E-state index contributed by atoms with van der Waals surface area (Å²) in [5.74, 6) is 1.73. The molecule has 0 saturated heterocycles. The maximum Gasteiger partial charge on any atom is 0.230 e. The lowest BCUT2D eigenvalue weighted by atomic mass is 10.0. The van der Waals surface area contributed by atoms with Crippen molar-refractivity contribution in [2.24, 2.45) is 0 Å². The Morgan fingerprint density at radius 3 is 1.65 bits per heavy atom. The number of hydrogen-bond acceptors (Lipinski definition) is 3. The van der Waals surface area contributed by atoms with Crippen molar-refractivity contribution in [3.8, 4) is 0 Å². The Bertz CT molecular complexity index is 568. The molecule has 0 aliphatic carbocycles. The van der Waals surface area contributed by atoms with E-state index in [4.69, 9.17) is 0 Å². The summed E-state index contributed by atoms with van der Waals surface area (Å²) in [6, 6.07) is 8.73. The third-order valence-electron chi connectivity index (χ3n) is 4.01. The molecular weight excluding hydrogens is 282 g/mol. The molecule has 0 N–H and O–H groups in total. The van der Waals surface area contributed by atoms with E-state index in [1.54, 1.807) is 0 Å². The molecule has 0 saturated carbocycles. The molecule has 0 fully saturated rings. The van der Waals surface area contributed by atoms with Gasteiger partial charge >= 0.3 is 0 Å². The van der Waals surface area contributed by atoms with E-state index < -0.39 is 0 Å². The minimum Gasteiger partial charge on any atom is -0.305 e. The van der Waals surface area contributed by atoms with Crippen molar-refractivity contribution >= 4 is 11.6 Å². The van der Waals surface area contributed by atoms with Gasteiger partial charge in [0.2, 0.25) is 5.95 Å². The molecule has 1 aromatic heterocycles. The number of benzene rings is 1. The molecule has 0 spiro atoms. The largest absolute Gasteiger partial charge is 0.305 e. The highest BCUT2D eigenvalue weighted by Crippen LogP contribution is 2.31. The van der Waals surface area contributed by atoms with Crippen LogP contribution in [0.3, 0.4) is 0 Å². The zero-order valence-corrected chi connectivity index (χ0v) is 15.5. The predicted molar refractivity (Wildman–Crippen MR) is 98.5 cm³/mol. The molecule has 0 aliphatic rings. The molecule has 0 radical (unpaired) electrons. The fourth-order valence-corrected chi connectivity index (χ4v) is 2.56. The predicted octanol–water partition coefficient (Wildman–Crippen LogP) is 5.66. The van der Waals surface area contributed by atoms with Gasteiger partial charge in [0.1, 0.15) is 0 Å². The highest BCUT2D eigenvalue weighted by Gasteiger charge is 2.25. The molecule has 23 heavy (non-hydrogen) atoms. The molecular formula is C20H29N3. The lowest BCUT2D eigenvalue weighted by molar-refractivity contribution is 0.549. The summed E-state index contributed by atoms with van der Waals surface area (Å²) in [5, 5.41) is 0. The molecule has 0 bridgehead atoms. The van der Waals surface area contributed by atoms with Gasteiger partial charge in [0, 0.05) is 23.6 Å². The first kappa shape index (κ1) is 17.5. The summed E-state index contributed by atoms with van der Waals surface area (Å²) in [5.41, 5.74) is 3.54. The molecule has 1 heterocycles. The van der Waals surface area contributed by atoms with E-state index >= 15 is 0 Å². The summed E-state index contributed by atoms with van der Waals surface area (Å²) < 4.78 is 0. The molecule has 2 rings (SSSR count). The Balaban J connectivity index is 2.41. The average Bonchev–Trinajstić information content (AvgIpc) is 2.47. The number of hydrogen-bond donors (Lipinski definition) is 0. The molecule has 0 unspecified atom stereocenters. The van der Waals surface area contributed by atoms with Gasteiger partial charge in [-0.05, 0) is 55.9 Å². The van der Waals surface area contributed by atoms with Crippen LogP contribution in [0.5, 0.6) is 0 Å². The second-order valence-corrected chi connectivity index (χ2v) is 7.72. The van der Waals surface area contributed by atoms with E-state index in [2.05, 4.69) is 87.6 Å². The van der Waals surface area contributed by atoms with Crippen molar-refractivity contribution in [2.75, 3.05) is 4.90 Å². The lowest BCUT2D eigenvalue weighted by Crippen LogP contribution is -2.38. The van der Waals surface area contributed by atoms with E-state index in [9.17, 15) is 0 Å². The Hall–Kier alpha value is -1.90. The summed E-state index contributed by atoms with van der Waals surface area (Å²) in [6.07, 6.45) is 3.88. The van der Waals surface area contributed by atoms with Gasteiger partial charge < -0.3 is 4.90 Å². The van der Waals surface area contributed by atoms with Crippen LogP contribution in [0.4, 0.5) is 11.6 Å². The molecule has 0 aliphatic heterocycles. The topological polar surface area (TPSA) is 29.0 Å². The van der Waals surface area contributed by atoms with Crippen molar-refractivity contribution < 1.29 is 0 Å². The van der Waals surface area contributed by atoms with Gasteiger partial charge in [-0.15, -0.1) is 0 Å². The first-order valence-corrected chi connectivity index (χ1v) is 8.42. The molecule has 0 atom stereocenters. The Morgan fingerprint density at radius 1 is 0.783 bits per heavy atom. The third kappa shape index (κ3) is 4.10. The average molecular weight is 311 g/mol. The summed E-state index contributed by atoms with van der Waals surface area (Å²) >= 11 is 0. The van der Waals surface area contributed by atoms with Crippen molar-refractivity contribution in [2.45, 2.75) is 65.8 Å². The number of nitrogens with zero attached hydrogens (tertiary/aromatic N) is 3. The van der Waals surface area contributed by atoms with Crippen LogP contribution in [0.2, 0.25) is 0 Å². The van der Waals surface area contributed by atoms with Crippen LogP contribution in [0.1, 0.15) is 71.4 Å². The SMILES string of the molecule is CC(C)c1ccc(N(c2ncc(C(C)C)cn2)C(C)(C)C)cc1. The number of anilines is 2. The van der Waals surface area contributed by atoms with Gasteiger partial charge in [0.15, 0.2) is 0 Å². The van der Waals surface area contributed by atoms with Crippen molar-refractivity contribution in [1.29, 1.82) is 0 Å². The van der Waals surface area contributed by atoms with Crippen LogP contribution in [0, 0.1) is 0 Å². The van der Waals surface area contributed by atoms with Crippen molar-refractivity contribution in [1.82, 2.24) is 9.97 Å². The maximum absolute atomic E-state index is 4.62. The highest BCUT2D eigenvalue weighted by atomic mass is 15.3. The van der Waals surface area contributed by atoms with Gasteiger partial charge in [-0.1, -0.05) is 39.8 Å². The van der Waals surface area contributed by atoms with E-state index in [0.717, 1.165) is 17.2 Å². The van der Waals surface area contributed by atoms with Crippen LogP contribution in [-0.4, -0.2) is 15.5 Å². The van der Waals surface area contributed by atoms with Crippen LogP contribution < -0.4 is 4.90 Å².